The number of hydrogen-bond donors (Lipinski definition) is 0. The monoisotopic (exact) mass is 208 g/mol. The van der Waals surface area contributed by atoms with Crippen molar-refractivity contribution in [3.05, 3.63) is 0 Å². The molecule has 0 N–H and O–H groups in total. The molecular weight excluding hydrogens is 179 g/mol. The van der Waals surface area contributed by atoms with Gasteiger partial charge in [0.25, 0.3) is 0 Å². The minimum Gasteiger partial charge on any atom is -0.0774 e. The van der Waals surface area contributed by atoms with Gasteiger partial charge in [-0.1, -0.05) is 84.4 Å². The van der Waals surface area contributed by atoms with Crippen molar-refractivity contribution in [1.29, 1.82) is 0 Å². The van der Waals surface area contributed by atoms with Gasteiger partial charge in [-0.3, -0.25) is 0 Å². The molecule has 88 valence electrons. The van der Waals surface area contributed by atoms with Gasteiger partial charge in [0.15, 0.2) is 0 Å². The summed E-state index contributed by atoms with van der Waals surface area (Å²) in [5.74, 6) is 1.32. The summed E-state index contributed by atoms with van der Waals surface area (Å²) in [6, 6.07) is 0. The first-order valence-electron chi connectivity index (χ1n) is 6.96. The smallest absolute Gasteiger partial charge is 0.0699 e. The summed E-state index contributed by atoms with van der Waals surface area (Å²) in [6.45, 7) is 6.85. The van der Waals surface area contributed by atoms with Crippen LogP contribution in [0.1, 0.15) is 78.6 Å². The molecule has 0 aromatic carbocycles. The van der Waals surface area contributed by atoms with Gasteiger partial charge in [0.05, 0.1) is 7.85 Å². The Morgan fingerprint density at radius 3 is 2.13 bits per heavy atom. The molecule has 0 nitrogen and oxygen atoms in total. The molecule has 0 aliphatic rings. The molecule has 0 aliphatic carbocycles. The highest BCUT2D eigenvalue weighted by Crippen LogP contribution is 2.22. The molecule has 0 fully saturated rings. The zero-order chi connectivity index (χ0) is 11.5. The van der Waals surface area contributed by atoms with Crippen LogP contribution in [0.25, 0.3) is 0 Å². The molecule has 1 unspecified atom stereocenters. The van der Waals surface area contributed by atoms with Crippen molar-refractivity contribution in [3.63, 3.8) is 0 Å². The lowest BCUT2D eigenvalue weighted by Gasteiger charge is -2.14. The van der Waals surface area contributed by atoms with Crippen LogP contribution in [0.15, 0.2) is 0 Å². The Kier molecular flexibility index (Phi) is 10.6. The Bertz CT molecular complexity index is 123. The van der Waals surface area contributed by atoms with E-state index < -0.39 is 0 Å². The fourth-order valence-electron chi connectivity index (χ4n) is 1.86. The predicted molar refractivity (Wildman–Crippen MR) is 71.6 cm³/mol. The van der Waals surface area contributed by atoms with E-state index in [1.807, 2.05) is 0 Å². The Balaban J connectivity index is 3.21. The maximum atomic E-state index is 6.09. The summed E-state index contributed by atoms with van der Waals surface area (Å²) in [5, 5.41) is 0. The van der Waals surface area contributed by atoms with Crippen molar-refractivity contribution < 1.29 is 0 Å². The molecule has 2 radical (unpaired) electrons. The molecule has 0 aromatic rings. The van der Waals surface area contributed by atoms with Crippen molar-refractivity contribution in [1.82, 2.24) is 0 Å². The first-order valence-corrected chi connectivity index (χ1v) is 6.96. The minimum atomic E-state index is 0.459. The maximum Gasteiger partial charge on any atom is 0.0699 e. The lowest BCUT2D eigenvalue weighted by atomic mass is 9.78. The third-order valence-corrected chi connectivity index (χ3v) is 3.41. The van der Waals surface area contributed by atoms with Crippen molar-refractivity contribution >= 4 is 7.85 Å². The van der Waals surface area contributed by atoms with E-state index in [9.17, 15) is 0 Å². The molecule has 0 aliphatic heterocycles. The molecule has 0 bridgehead atoms. The van der Waals surface area contributed by atoms with Crippen molar-refractivity contribution in [2.45, 2.75) is 84.4 Å². The molecule has 0 rings (SSSR count). The predicted octanol–water partition coefficient (Wildman–Crippen LogP) is 5.13. The molecule has 2 atom stereocenters. The van der Waals surface area contributed by atoms with Crippen LogP contribution in [0.4, 0.5) is 0 Å². The van der Waals surface area contributed by atoms with Crippen LogP contribution in [0.3, 0.4) is 0 Å². The van der Waals surface area contributed by atoms with Gasteiger partial charge in [-0.05, 0) is 5.92 Å². The van der Waals surface area contributed by atoms with Crippen LogP contribution in [0.5, 0.6) is 0 Å². The van der Waals surface area contributed by atoms with Gasteiger partial charge < -0.3 is 0 Å². The highest BCUT2D eigenvalue weighted by atomic mass is 14.1. The number of unbranched alkanes of at least 4 members (excludes halogenated alkanes) is 4. The van der Waals surface area contributed by atoms with Crippen LogP contribution < -0.4 is 0 Å². The molecule has 0 saturated heterocycles. The largest absolute Gasteiger partial charge is 0.0774 e. The van der Waals surface area contributed by atoms with E-state index in [0.29, 0.717) is 5.82 Å². The van der Waals surface area contributed by atoms with Crippen LogP contribution in [-0.4, -0.2) is 7.85 Å². The van der Waals surface area contributed by atoms with Gasteiger partial charge in [0.2, 0.25) is 0 Å². The number of hydrogen-bond acceptors (Lipinski definition) is 0. The number of rotatable bonds is 10. The van der Waals surface area contributed by atoms with E-state index in [0.717, 1.165) is 5.92 Å². The second-order valence-corrected chi connectivity index (χ2v) is 5.05. The van der Waals surface area contributed by atoms with Crippen molar-refractivity contribution in [2.75, 3.05) is 0 Å². The third-order valence-electron chi connectivity index (χ3n) is 3.41. The Morgan fingerprint density at radius 2 is 1.53 bits per heavy atom. The fraction of sp³-hybridized carbons (Fsp3) is 1.00. The quantitative estimate of drug-likeness (QED) is 0.345. The summed E-state index contributed by atoms with van der Waals surface area (Å²) >= 11 is 0. The first-order chi connectivity index (χ1) is 7.20. The average Bonchev–Trinajstić information content (AvgIpc) is 2.25. The van der Waals surface area contributed by atoms with E-state index in [1.165, 1.54) is 57.8 Å². The first kappa shape index (κ1) is 15.1. The molecule has 1 heteroatoms. The van der Waals surface area contributed by atoms with Crippen LogP contribution in [0.2, 0.25) is 5.82 Å². The summed E-state index contributed by atoms with van der Waals surface area (Å²) in [6.07, 6.45) is 11.9. The zero-order valence-electron chi connectivity index (χ0n) is 11.1. The van der Waals surface area contributed by atoms with Gasteiger partial charge in [0.1, 0.15) is 0 Å². The summed E-state index contributed by atoms with van der Waals surface area (Å²) < 4.78 is 0. The molecular formula is C14H29B. The molecule has 0 aromatic heterocycles. The lowest BCUT2D eigenvalue weighted by molar-refractivity contribution is 0.470. The average molecular weight is 208 g/mol. The Morgan fingerprint density at radius 1 is 0.867 bits per heavy atom. The normalized spacial score (nSPS) is 15.1. The lowest BCUT2D eigenvalue weighted by Crippen LogP contribution is -1.98. The standard InChI is InChI=1S/C14H29B/c1-4-6-7-8-9-10-14(15)12-11-13(3)5-2/h13-14H,4-12H2,1-3H3/t13-,14?/m0/s1. The van der Waals surface area contributed by atoms with Crippen LogP contribution in [-0.2, 0) is 0 Å². The van der Waals surface area contributed by atoms with Crippen LogP contribution in [0, 0.1) is 5.92 Å². The minimum absolute atomic E-state index is 0.459. The van der Waals surface area contributed by atoms with E-state index in [2.05, 4.69) is 20.8 Å². The van der Waals surface area contributed by atoms with Gasteiger partial charge in [-0.2, -0.15) is 0 Å². The SMILES string of the molecule is [B]C(CCCCCCC)CC[C@@H](C)CC. The van der Waals surface area contributed by atoms with Crippen LogP contribution >= 0.6 is 0 Å². The molecule has 0 amide bonds. The van der Waals surface area contributed by atoms with Gasteiger partial charge in [-0.25, -0.2) is 0 Å². The fourth-order valence-corrected chi connectivity index (χ4v) is 1.86. The molecule has 0 heterocycles. The molecule has 0 spiro atoms. The van der Waals surface area contributed by atoms with E-state index >= 15 is 0 Å². The Hall–Kier alpha value is 0.0649. The Labute approximate surface area is 98.6 Å². The topological polar surface area (TPSA) is 0 Å². The maximum absolute atomic E-state index is 6.09. The summed E-state index contributed by atoms with van der Waals surface area (Å²) in [5.41, 5.74) is 0. The van der Waals surface area contributed by atoms with Crippen molar-refractivity contribution in [3.8, 4) is 0 Å². The molecule has 0 saturated carbocycles. The van der Waals surface area contributed by atoms with Gasteiger partial charge >= 0.3 is 0 Å². The third kappa shape index (κ3) is 10.3. The van der Waals surface area contributed by atoms with E-state index in [-0.39, 0.29) is 0 Å². The zero-order valence-corrected chi connectivity index (χ0v) is 11.1. The highest BCUT2D eigenvalue weighted by molar-refractivity contribution is 6.11. The van der Waals surface area contributed by atoms with E-state index in [4.69, 9.17) is 7.85 Å². The second kappa shape index (κ2) is 10.6. The summed E-state index contributed by atoms with van der Waals surface area (Å²) in [4.78, 5) is 0. The van der Waals surface area contributed by atoms with Crippen molar-refractivity contribution in [2.24, 2.45) is 5.92 Å². The van der Waals surface area contributed by atoms with E-state index in [1.54, 1.807) is 0 Å². The second-order valence-electron chi connectivity index (χ2n) is 5.05. The van der Waals surface area contributed by atoms with Gasteiger partial charge in [0, 0.05) is 0 Å². The summed E-state index contributed by atoms with van der Waals surface area (Å²) in [7, 11) is 6.09. The highest BCUT2D eigenvalue weighted by Gasteiger charge is 2.04. The molecule has 15 heavy (non-hydrogen) atoms. The van der Waals surface area contributed by atoms with Gasteiger partial charge in [-0.15, -0.1) is 0 Å².